The largest absolute Gasteiger partial charge is 0.458 e. The maximum Gasteiger partial charge on any atom is 0.345 e. The fourth-order valence-electron chi connectivity index (χ4n) is 3.76. The predicted molar refractivity (Wildman–Crippen MR) is 111 cm³/mol. The molecule has 1 aliphatic heterocycles. The molecule has 0 radical (unpaired) electrons. The van der Waals surface area contributed by atoms with Gasteiger partial charge in [-0.1, -0.05) is 30.3 Å². The van der Waals surface area contributed by atoms with E-state index in [1.807, 2.05) is 30.3 Å². The lowest BCUT2D eigenvalue weighted by Crippen LogP contribution is -2.81. The molecule has 1 aliphatic rings. The molecule has 2 rings (SSSR count). The van der Waals surface area contributed by atoms with Gasteiger partial charge in [-0.25, -0.2) is 9.59 Å². The SMILES string of the molecule is C[C@H](c1ccccc1)N1C(=O)[C@H]([C@@H](C)O)C1(C(=O)OC(C)(C)C)C(=O)OC(C)(C)C. The van der Waals surface area contributed by atoms with Crippen LogP contribution in [0.2, 0.25) is 0 Å². The van der Waals surface area contributed by atoms with Crippen LogP contribution in [-0.4, -0.2) is 50.7 Å². The minimum Gasteiger partial charge on any atom is -0.458 e. The zero-order valence-electron chi connectivity index (χ0n) is 19.1. The Hall–Kier alpha value is -2.41. The van der Waals surface area contributed by atoms with Gasteiger partial charge in [0.1, 0.15) is 17.1 Å². The van der Waals surface area contributed by atoms with Crippen LogP contribution in [0.4, 0.5) is 0 Å². The van der Waals surface area contributed by atoms with E-state index in [9.17, 15) is 19.5 Å². The lowest BCUT2D eigenvalue weighted by Gasteiger charge is -2.57. The average molecular weight is 420 g/mol. The van der Waals surface area contributed by atoms with Crippen molar-refractivity contribution in [2.75, 3.05) is 0 Å². The molecular formula is C23H33NO6. The molecule has 30 heavy (non-hydrogen) atoms. The molecule has 1 saturated heterocycles. The Balaban J connectivity index is 2.66. The van der Waals surface area contributed by atoms with Crippen molar-refractivity contribution in [3.63, 3.8) is 0 Å². The van der Waals surface area contributed by atoms with E-state index in [-0.39, 0.29) is 0 Å². The maximum absolute atomic E-state index is 13.5. The number of likely N-dealkylation sites (tertiary alicyclic amines) is 1. The van der Waals surface area contributed by atoms with Crippen molar-refractivity contribution in [1.82, 2.24) is 4.90 Å². The van der Waals surface area contributed by atoms with Crippen molar-refractivity contribution in [1.29, 1.82) is 0 Å². The molecule has 1 N–H and O–H groups in total. The van der Waals surface area contributed by atoms with Crippen LogP contribution < -0.4 is 0 Å². The second-order valence-corrected chi connectivity index (χ2v) is 9.78. The van der Waals surface area contributed by atoms with E-state index in [0.717, 1.165) is 5.56 Å². The standard InChI is InChI=1S/C23H33NO6/c1-14(16-12-10-9-11-13-16)24-18(26)17(15(2)25)23(24,19(27)29-21(3,4)5)20(28)30-22(6,7)8/h9-15,17,25H,1-8H3/t14-,15-,17+/m1/s1. The van der Waals surface area contributed by atoms with Crippen LogP contribution in [-0.2, 0) is 23.9 Å². The van der Waals surface area contributed by atoms with Gasteiger partial charge in [-0.15, -0.1) is 0 Å². The average Bonchev–Trinajstić information content (AvgIpc) is 2.56. The van der Waals surface area contributed by atoms with E-state index in [0.29, 0.717) is 0 Å². The summed E-state index contributed by atoms with van der Waals surface area (Å²) in [6.07, 6.45) is -1.25. The van der Waals surface area contributed by atoms with Gasteiger partial charge in [0.05, 0.1) is 12.1 Å². The Morgan fingerprint density at radius 2 is 1.40 bits per heavy atom. The number of ether oxygens (including phenoxy) is 2. The van der Waals surface area contributed by atoms with E-state index in [1.54, 1.807) is 48.5 Å². The van der Waals surface area contributed by atoms with Crippen molar-refractivity contribution in [2.45, 2.75) is 84.3 Å². The number of hydrogen-bond acceptors (Lipinski definition) is 6. The van der Waals surface area contributed by atoms with Crippen LogP contribution in [0.5, 0.6) is 0 Å². The van der Waals surface area contributed by atoms with Gasteiger partial charge in [0, 0.05) is 0 Å². The molecule has 0 spiro atoms. The lowest BCUT2D eigenvalue weighted by atomic mass is 9.68. The molecule has 7 nitrogen and oxygen atoms in total. The number of aliphatic hydroxyl groups is 1. The molecule has 166 valence electrons. The smallest absolute Gasteiger partial charge is 0.345 e. The number of benzene rings is 1. The summed E-state index contributed by atoms with van der Waals surface area (Å²) in [7, 11) is 0. The number of hydrogen-bond donors (Lipinski definition) is 1. The van der Waals surface area contributed by atoms with Crippen molar-refractivity contribution < 1.29 is 29.0 Å². The zero-order valence-corrected chi connectivity index (χ0v) is 19.1. The Morgan fingerprint density at radius 3 is 1.77 bits per heavy atom. The van der Waals surface area contributed by atoms with E-state index in [1.165, 1.54) is 11.8 Å². The number of carbonyl (C=O) groups excluding carboxylic acids is 3. The number of rotatable bonds is 5. The van der Waals surface area contributed by atoms with Gasteiger partial charge >= 0.3 is 11.9 Å². The van der Waals surface area contributed by atoms with Gasteiger partial charge in [-0.3, -0.25) is 4.79 Å². The van der Waals surface area contributed by atoms with Crippen molar-refractivity contribution in [3.05, 3.63) is 35.9 Å². The topological polar surface area (TPSA) is 93.1 Å². The Kier molecular flexibility index (Phi) is 6.38. The normalized spacial score (nSPS) is 20.8. The minimum atomic E-state index is -2.08. The van der Waals surface area contributed by atoms with Crippen LogP contribution in [0.3, 0.4) is 0 Å². The minimum absolute atomic E-state index is 0.502. The maximum atomic E-state index is 13.5. The first-order chi connectivity index (χ1) is 13.6. The summed E-state index contributed by atoms with van der Waals surface area (Å²) >= 11 is 0. The highest BCUT2D eigenvalue weighted by Gasteiger charge is 2.74. The summed E-state index contributed by atoms with van der Waals surface area (Å²) < 4.78 is 11.2. The molecule has 1 amide bonds. The molecule has 1 aromatic carbocycles. The van der Waals surface area contributed by atoms with Gasteiger partial charge < -0.3 is 19.5 Å². The predicted octanol–water partition coefficient (Wildman–Crippen LogP) is 3.01. The molecule has 1 aromatic rings. The zero-order chi connectivity index (χ0) is 23.1. The molecule has 0 bridgehead atoms. The number of carbonyl (C=O) groups is 3. The summed E-state index contributed by atoms with van der Waals surface area (Å²) in [6.45, 7) is 13.2. The van der Waals surface area contributed by atoms with Gasteiger partial charge in [-0.05, 0) is 61.0 Å². The molecule has 0 unspecified atom stereocenters. The number of β-lactam (4-membered cyclic amide) rings is 1. The van der Waals surface area contributed by atoms with Gasteiger partial charge in [0.2, 0.25) is 5.91 Å². The summed E-state index contributed by atoms with van der Waals surface area (Å²) in [5.41, 5.74) is -3.15. The first-order valence-electron chi connectivity index (χ1n) is 10.2. The van der Waals surface area contributed by atoms with Gasteiger partial charge in [-0.2, -0.15) is 0 Å². The lowest BCUT2D eigenvalue weighted by molar-refractivity contribution is -0.223. The Labute approximate surface area is 178 Å². The monoisotopic (exact) mass is 419 g/mol. The van der Waals surface area contributed by atoms with E-state index in [4.69, 9.17) is 9.47 Å². The fraction of sp³-hybridized carbons (Fsp3) is 0.609. The van der Waals surface area contributed by atoms with E-state index >= 15 is 0 Å². The second-order valence-electron chi connectivity index (χ2n) is 9.78. The van der Waals surface area contributed by atoms with Crippen LogP contribution in [0.15, 0.2) is 30.3 Å². The molecule has 1 heterocycles. The third-order valence-corrected chi connectivity index (χ3v) is 4.91. The molecular weight excluding hydrogens is 386 g/mol. The van der Waals surface area contributed by atoms with Gasteiger partial charge in [0.25, 0.3) is 5.54 Å². The van der Waals surface area contributed by atoms with Crippen LogP contribution in [0, 0.1) is 5.92 Å². The third-order valence-electron chi connectivity index (χ3n) is 4.91. The highest BCUT2D eigenvalue weighted by molar-refractivity contribution is 6.17. The molecule has 3 atom stereocenters. The van der Waals surface area contributed by atoms with Crippen molar-refractivity contribution in [2.24, 2.45) is 5.92 Å². The van der Waals surface area contributed by atoms with Crippen LogP contribution in [0.25, 0.3) is 0 Å². The molecule has 7 heteroatoms. The summed E-state index contributed by atoms with van der Waals surface area (Å²) in [4.78, 5) is 41.3. The van der Waals surface area contributed by atoms with Crippen molar-refractivity contribution >= 4 is 17.8 Å². The second kappa shape index (κ2) is 8.02. The molecule has 0 aliphatic carbocycles. The highest BCUT2D eigenvalue weighted by atomic mass is 16.6. The van der Waals surface area contributed by atoms with Crippen LogP contribution in [0.1, 0.15) is 67.0 Å². The molecule has 0 saturated carbocycles. The molecule has 0 aromatic heterocycles. The fourth-order valence-corrected chi connectivity index (χ4v) is 3.76. The first-order valence-corrected chi connectivity index (χ1v) is 10.2. The Morgan fingerprint density at radius 1 is 0.967 bits per heavy atom. The van der Waals surface area contributed by atoms with E-state index < -0.39 is 52.7 Å². The Bertz CT molecular complexity index is 775. The van der Waals surface area contributed by atoms with Crippen molar-refractivity contribution in [3.8, 4) is 0 Å². The summed E-state index contributed by atoms with van der Waals surface area (Å²) in [5, 5.41) is 10.4. The number of aliphatic hydroxyl groups excluding tert-OH is 1. The highest BCUT2D eigenvalue weighted by Crippen LogP contribution is 2.48. The first kappa shape index (κ1) is 23.9. The number of nitrogens with zero attached hydrogens (tertiary/aromatic N) is 1. The quantitative estimate of drug-likeness (QED) is 0.448. The molecule has 1 fully saturated rings. The third kappa shape index (κ3) is 4.36. The van der Waals surface area contributed by atoms with Gasteiger partial charge in [0.15, 0.2) is 0 Å². The van der Waals surface area contributed by atoms with Crippen LogP contribution >= 0.6 is 0 Å². The number of esters is 2. The summed E-state index contributed by atoms with van der Waals surface area (Å²) in [6, 6.07) is 8.46. The summed E-state index contributed by atoms with van der Waals surface area (Å²) in [5.74, 6) is -3.61. The van der Waals surface area contributed by atoms with E-state index in [2.05, 4.69) is 0 Å². The number of amides is 1.